The van der Waals surface area contributed by atoms with Gasteiger partial charge in [-0.15, -0.1) is 0 Å². The number of amides is 1. The zero-order valence-electron chi connectivity index (χ0n) is 9.59. The number of hydrogen-bond donors (Lipinski definition) is 1. The Balaban J connectivity index is 1.77. The van der Waals surface area contributed by atoms with Crippen molar-refractivity contribution in [1.29, 1.82) is 0 Å². The van der Waals surface area contributed by atoms with Crippen molar-refractivity contribution >= 4 is 11.8 Å². The van der Waals surface area contributed by atoms with Crippen molar-refractivity contribution < 1.29 is 14.3 Å². The number of ether oxygens (including phenoxy) is 2. The first kappa shape index (κ1) is 11.6. The Bertz CT molecular complexity index is 395. The van der Waals surface area contributed by atoms with E-state index in [-0.39, 0.29) is 6.09 Å². The highest BCUT2D eigenvalue weighted by molar-refractivity contribution is 5.68. The predicted molar refractivity (Wildman–Crippen MR) is 63.9 cm³/mol. The molecular weight excluding hydrogens is 220 g/mol. The summed E-state index contributed by atoms with van der Waals surface area (Å²) >= 11 is 0. The van der Waals surface area contributed by atoms with E-state index in [1.54, 1.807) is 17.0 Å². The number of nitrogens with two attached hydrogens (primary N) is 1. The van der Waals surface area contributed by atoms with Crippen LogP contribution in [-0.4, -0.2) is 37.3 Å². The van der Waals surface area contributed by atoms with Crippen molar-refractivity contribution in [3.05, 3.63) is 24.3 Å². The Kier molecular flexibility index (Phi) is 3.69. The van der Waals surface area contributed by atoms with E-state index in [9.17, 15) is 4.79 Å². The lowest BCUT2D eigenvalue weighted by Gasteiger charge is -2.26. The lowest BCUT2D eigenvalue weighted by atomic mass is 10.3. The summed E-state index contributed by atoms with van der Waals surface area (Å²) in [6.07, 6.45) is 0.622. The van der Waals surface area contributed by atoms with Crippen LogP contribution in [-0.2, 0) is 4.74 Å². The highest BCUT2D eigenvalue weighted by Crippen LogP contribution is 2.14. The summed E-state index contributed by atoms with van der Waals surface area (Å²) in [7, 11) is 0. The molecule has 0 bridgehead atoms. The van der Waals surface area contributed by atoms with E-state index in [0.29, 0.717) is 25.4 Å². The van der Waals surface area contributed by atoms with Crippen molar-refractivity contribution in [3.8, 4) is 5.75 Å². The number of nitrogens with zero attached hydrogens (tertiary/aromatic N) is 1. The molecule has 2 N–H and O–H groups in total. The number of benzene rings is 1. The van der Waals surface area contributed by atoms with Crippen molar-refractivity contribution in [2.75, 3.05) is 32.0 Å². The molecule has 1 heterocycles. The fraction of sp³-hybridized carbons (Fsp3) is 0.417. The van der Waals surface area contributed by atoms with Gasteiger partial charge < -0.3 is 20.1 Å². The largest absolute Gasteiger partial charge is 0.492 e. The van der Waals surface area contributed by atoms with Crippen molar-refractivity contribution in [3.63, 3.8) is 0 Å². The van der Waals surface area contributed by atoms with E-state index in [4.69, 9.17) is 15.2 Å². The zero-order valence-corrected chi connectivity index (χ0v) is 9.59. The van der Waals surface area contributed by atoms with Gasteiger partial charge in [-0.3, -0.25) is 0 Å². The smallest absolute Gasteiger partial charge is 0.409 e. The number of hydrogen-bond acceptors (Lipinski definition) is 4. The molecule has 1 aromatic carbocycles. The van der Waals surface area contributed by atoms with Gasteiger partial charge in [0.15, 0.2) is 0 Å². The summed E-state index contributed by atoms with van der Waals surface area (Å²) in [5.74, 6) is 0.718. The molecule has 1 fully saturated rings. The highest BCUT2D eigenvalue weighted by atomic mass is 16.6. The molecule has 92 valence electrons. The number of carbonyl (C=O) groups is 1. The van der Waals surface area contributed by atoms with Gasteiger partial charge in [-0.1, -0.05) is 6.07 Å². The summed E-state index contributed by atoms with van der Waals surface area (Å²) in [5, 5.41) is 0. The fourth-order valence-corrected chi connectivity index (χ4v) is 1.68. The van der Waals surface area contributed by atoms with E-state index in [2.05, 4.69) is 0 Å². The third-order valence-electron chi connectivity index (χ3n) is 2.54. The van der Waals surface area contributed by atoms with E-state index >= 15 is 0 Å². The van der Waals surface area contributed by atoms with Crippen molar-refractivity contribution in [2.45, 2.75) is 6.42 Å². The molecule has 0 atom stereocenters. The maximum atomic E-state index is 11.3. The molecule has 1 amide bonds. The molecule has 2 rings (SSSR count). The Morgan fingerprint density at radius 2 is 2.35 bits per heavy atom. The number of carbonyl (C=O) groups excluding carboxylic acids is 1. The van der Waals surface area contributed by atoms with Crippen LogP contribution >= 0.6 is 0 Å². The lowest BCUT2D eigenvalue weighted by molar-refractivity contribution is 0.0672. The van der Waals surface area contributed by atoms with Crippen LogP contribution in [0.2, 0.25) is 0 Å². The normalized spacial score (nSPS) is 15.5. The van der Waals surface area contributed by atoms with Gasteiger partial charge in [0, 0.05) is 18.3 Å². The van der Waals surface area contributed by atoms with Crippen LogP contribution in [0.15, 0.2) is 24.3 Å². The van der Waals surface area contributed by atoms with E-state index in [1.165, 1.54) is 0 Å². The van der Waals surface area contributed by atoms with Gasteiger partial charge in [0.2, 0.25) is 0 Å². The molecule has 17 heavy (non-hydrogen) atoms. The average Bonchev–Trinajstić information content (AvgIpc) is 2.32. The quantitative estimate of drug-likeness (QED) is 0.804. The van der Waals surface area contributed by atoms with Crippen LogP contribution in [0.5, 0.6) is 5.75 Å². The second kappa shape index (κ2) is 5.43. The zero-order chi connectivity index (χ0) is 12.1. The van der Waals surface area contributed by atoms with Crippen molar-refractivity contribution in [2.24, 2.45) is 0 Å². The molecule has 1 aliphatic heterocycles. The summed E-state index contributed by atoms with van der Waals surface area (Å²) in [4.78, 5) is 13.0. The summed E-state index contributed by atoms with van der Waals surface area (Å²) in [6, 6.07) is 7.23. The maximum Gasteiger partial charge on any atom is 0.409 e. The second-order valence-corrected chi connectivity index (χ2v) is 3.88. The Labute approximate surface area is 100 Å². The SMILES string of the molecule is Nc1cccc(OCCN2CCCOC2=O)c1. The van der Waals surface area contributed by atoms with Crippen LogP contribution in [0, 0.1) is 0 Å². The van der Waals surface area contributed by atoms with Gasteiger partial charge in [0.25, 0.3) is 0 Å². The number of cyclic esters (lactones) is 1. The van der Waals surface area contributed by atoms with E-state index < -0.39 is 0 Å². The third kappa shape index (κ3) is 3.27. The number of nitrogen functional groups attached to an aromatic ring is 1. The predicted octanol–water partition coefficient (Wildman–Crippen LogP) is 1.49. The van der Waals surface area contributed by atoms with Crippen molar-refractivity contribution in [1.82, 2.24) is 4.90 Å². The van der Waals surface area contributed by atoms with Crippen LogP contribution < -0.4 is 10.5 Å². The molecule has 0 aliphatic carbocycles. The van der Waals surface area contributed by atoms with Gasteiger partial charge >= 0.3 is 6.09 Å². The summed E-state index contributed by atoms with van der Waals surface area (Å²) < 4.78 is 10.4. The van der Waals surface area contributed by atoms with E-state index in [0.717, 1.165) is 18.7 Å². The average molecular weight is 236 g/mol. The number of rotatable bonds is 4. The minimum atomic E-state index is -0.257. The van der Waals surface area contributed by atoms with Gasteiger partial charge in [0.05, 0.1) is 13.2 Å². The Morgan fingerprint density at radius 3 is 3.12 bits per heavy atom. The second-order valence-electron chi connectivity index (χ2n) is 3.88. The third-order valence-corrected chi connectivity index (χ3v) is 2.54. The van der Waals surface area contributed by atoms with Gasteiger partial charge in [-0.05, 0) is 18.6 Å². The first-order valence-corrected chi connectivity index (χ1v) is 5.66. The van der Waals surface area contributed by atoms with Crippen LogP contribution in [0.3, 0.4) is 0 Å². The fourth-order valence-electron chi connectivity index (χ4n) is 1.68. The molecule has 5 heteroatoms. The Morgan fingerprint density at radius 1 is 1.47 bits per heavy atom. The molecule has 0 spiro atoms. The molecule has 1 aromatic rings. The lowest BCUT2D eigenvalue weighted by Crippen LogP contribution is -2.40. The first-order chi connectivity index (χ1) is 8.25. The van der Waals surface area contributed by atoms with Gasteiger partial charge in [0.1, 0.15) is 12.4 Å². The van der Waals surface area contributed by atoms with Crippen LogP contribution in [0.4, 0.5) is 10.5 Å². The van der Waals surface area contributed by atoms with Gasteiger partial charge in [-0.2, -0.15) is 0 Å². The minimum Gasteiger partial charge on any atom is -0.492 e. The van der Waals surface area contributed by atoms with Gasteiger partial charge in [-0.25, -0.2) is 4.79 Å². The maximum absolute atomic E-state index is 11.3. The van der Waals surface area contributed by atoms with Crippen LogP contribution in [0.25, 0.3) is 0 Å². The summed E-state index contributed by atoms with van der Waals surface area (Å²) in [6.45, 7) is 2.23. The molecule has 0 aromatic heterocycles. The Hall–Kier alpha value is -1.91. The minimum absolute atomic E-state index is 0.257. The number of anilines is 1. The van der Waals surface area contributed by atoms with Crippen LogP contribution in [0.1, 0.15) is 6.42 Å². The molecule has 0 radical (unpaired) electrons. The summed E-state index contributed by atoms with van der Waals surface area (Å²) in [5.41, 5.74) is 6.30. The molecule has 0 saturated carbocycles. The standard InChI is InChI=1S/C12H16N2O3/c13-10-3-1-4-11(9-10)16-8-6-14-5-2-7-17-12(14)15/h1,3-4,9H,2,5-8,13H2. The molecule has 1 aliphatic rings. The first-order valence-electron chi connectivity index (χ1n) is 5.66. The molecular formula is C12H16N2O3. The molecule has 5 nitrogen and oxygen atoms in total. The van der Waals surface area contributed by atoms with E-state index in [1.807, 2.05) is 12.1 Å². The molecule has 1 saturated heterocycles. The topological polar surface area (TPSA) is 64.8 Å². The molecule has 0 unspecified atom stereocenters. The monoisotopic (exact) mass is 236 g/mol. The highest BCUT2D eigenvalue weighted by Gasteiger charge is 2.18.